The molecule has 1 aliphatic heterocycles. The lowest BCUT2D eigenvalue weighted by molar-refractivity contribution is 0.132. The monoisotopic (exact) mass is 369 g/mol. The molecule has 4 rings (SSSR count). The molecule has 3 heteroatoms. The van der Waals surface area contributed by atoms with E-state index in [4.69, 9.17) is 5.10 Å². The van der Waals surface area contributed by atoms with Crippen molar-refractivity contribution in [2.24, 2.45) is 11.0 Å². The van der Waals surface area contributed by atoms with Crippen molar-refractivity contribution in [2.75, 3.05) is 12.5 Å². The molecule has 1 N–H and O–H groups in total. The van der Waals surface area contributed by atoms with Crippen molar-refractivity contribution >= 4 is 11.4 Å². The Labute approximate surface area is 167 Å². The molecule has 3 aromatic rings. The van der Waals surface area contributed by atoms with Crippen LogP contribution in [0.25, 0.3) is 0 Å². The van der Waals surface area contributed by atoms with Gasteiger partial charge in [-0.2, -0.15) is 5.10 Å². The second kappa shape index (κ2) is 8.41. The number of anilines is 1. The topological polar surface area (TPSA) is 27.6 Å². The van der Waals surface area contributed by atoms with Crippen molar-refractivity contribution in [3.05, 3.63) is 102 Å². The van der Waals surface area contributed by atoms with Gasteiger partial charge in [-0.3, -0.25) is 10.3 Å². The SMILES string of the molecule is CC1/C(=N/Nc2ccccc2)CC(c2ccccc2)N(C)C1c1ccccc1. The van der Waals surface area contributed by atoms with Gasteiger partial charge in [-0.1, -0.05) is 85.8 Å². The van der Waals surface area contributed by atoms with E-state index < -0.39 is 0 Å². The van der Waals surface area contributed by atoms with Crippen LogP contribution in [0.2, 0.25) is 0 Å². The van der Waals surface area contributed by atoms with Crippen LogP contribution in [0.4, 0.5) is 5.69 Å². The standard InChI is InChI=1S/C25H27N3/c1-19-23(27-26-22-16-10-5-11-17-22)18-24(20-12-6-3-7-13-20)28(2)25(19)21-14-8-4-9-15-21/h3-17,19,24-26H,18H2,1-2H3/b27-23+. The van der Waals surface area contributed by atoms with E-state index >= 15 is 0 Å². The third-order valence-corrected chi connectivity index (χ3v) is 5.76. The minimum Gasteiger partial charge on any atom is -0.291 e. The summed E-state index contributed by atoms with van der Waals surface area (Å²) < 4.78 is 0. The number of rotatable bonds is 4. The molecule has 3 nitrogen and oxygen atoms in total. The number of nitrogens with one attached hydrogen (secondary N) is 1. The molecular formula is C25H27N3. The van der Waals surface area contributed by atoms with Crippen LogP contribution in [0.1, 0.15) is 36.6 Å². The molecule has 0 aliphatic carbocycles. The Morgan fingerprint density at radius 2 is 1.32 bits per heavy atom. The maximum atomic E-state index is 4.86. The van der Waals surface area contributed by atoms with E-state index in [1.54, 1.807) is 0 Å². The summed E-state index contributed by atoms with van der Waals surface area (Å²) in [6.07, 6.45) is 0.921. The second-order valence-electron chi connectivity index (χ2n) is 7.52. The zero-order valence-electron chi connectivity index (χ0n) is 16.5. The van der Waals surface area contributed by atoms with Crippen molar-refractivity contribution in [3.8, 4) is 0 Å². The molecule has 3 unspecified atom stereocenters. The first-order chi connectivity index (χ1) is 13.7. The Morgan fingerprint density at radius 3 is 1.93 bits per heavy atom. The van der Waals surface area contributed by atoms with Crippen molar-refractivity contribution in [1.29, 1.82) is 0 Å². The Kier molecular flexibility index (Phi) is 5.54. The first kappa shape index (κ1) is 18.5. The van der Waals surface area contributed by atoms with Gasteiger partial charge in [0.25, 0.3) is 0 Å². The van der Waals surface area contributed by atoms with Crippen LogP contribution in [0, 0.1) is 5.92 Å². The summed E-state index contributed by atoms with van der Waals surface area (Å²) in [4.78, 5) is 2.51. The molecule has 3 aromatic carbocycles. The van der Waals surface area contributed by atoms with Crippen LogP contribution in [0.15, 0.2) is 96.1 Å². The van der Waals surface area contributed by atoms with Crippen LogP contribution in [-0.2, 0) is 0 Å². The van der Waals surface area contributed by atoms with E-state index in [1.807, 2.05) is 30.3 Å². The van der Waals surface area contributed by atoms with Gasteiger partial charge in [0.05, 0.1) is 5.69 Å². The predicted molar refractivity (Wildman–Crippen MR) is 117 cm³/mol. The van der Waals surface area contributed by atoms with Crippen molar-refractivity contribution in [2.45, 2.75) is 25.4 Å². The Balaban J connectivity index is 1.69. The fraction of sp³-hybridized carbons (Fsp3) is 0.240. The predicted octanol–water partition coefficient (Wildman–Crippen LogP) is 5.91. The first-order valence-corrected chi connectivity index (χ1v) is 9.93. The molecular weight excluding hydrogens is 342 g/mol. The lowest BCUT2D eigenvalue weighted by atomic mass is 9.80. The molecule has 1 heterocycles. The zero-order valence-corrected chi connectivity index (χ0v) is 16.5. The summed E-state index contributed by atoms with van der Waals surface area (Å²) in [6.45, 7) is 2.29. The highest BCUT2D eigenvalue weighted by molar-refractivity contribution is 5.89. The number of para-hydroxylation sites is 1. The summed E-state index contributed by atoms with van der Waals surface area (Å²) in [6, 6.07) is 32.3. The summed E-state index contributed by atoms with van der Waals surface area (Å²) in [5.74, 6) is 0.323. The molecule has 0 bridgehead atoms. The van der Waals surface area contributed by atoms with Crippen LogP contribution >= 0.6 is 0 Å². The van der Waals surface area contributed by atoms with Gasteiger partial charge >= 0.3 is 0 Å². The molecule has 1 fully saturated rings. The minimum atomic E-state index is 0.288. The van der Waals surface area contributed by atoms with E-state index in [9.17, 15) is 0 Å². The van der Waals surface area contributed by atoms with Gasteiger partial charge in [-0.15, -0.1) is 0 Å². The molecule has 0 amide bonds. The van der Waals surface area contributed by atoms with Gasteiger partial charge in [0, 0.05) is 30.1 Å². The third kappa shape index (κ3) is 3.85. The summed E-state index contributed by atoms with van der Waals surface area (Å²) in [5, 5.41) is 4.86. The van der Waals surface area contributed by atoms with E-state index in [0.717, 1.165) is 12.1 Å². The van der Waals surface area contributed by atoms with Crippen LogP contribution < -0.4 is 5.43 Å². The van der Waals surface area contributed by atoms with E-state index in [0.29, 0.717) is 12.0 Å². The number of hydrogen-bond donors (Lipinski definition) is 1. The maximum Gasteiger partial charge on any atom is 0.0561 e. The second-order valence-corrected chi connectivity index (χ2v) is 7.52. The summed E-state index contributed by atoms with van der Waals surface area (Å²) >= 11 is 0. The Bertz CT molecular complexity index is 906. The van der Waals surface area contributed by atoms with Gasteiger partial charge in [-0.05, 0) is 30.3 Å². The summed E-state index contributed by atoms with van der Waals surface area (Å²) in [7, 11) is 2.24. The highest BCUT2D eigenvalue weighted by Crippen LogP contribution is 2.42. The third-order valence-electron chi connectivity index (χ3n) is 5.76. The average Bonchev–Trinajstić information content (AvgIpc) is 2.75. The normalized spacial score (nSPS) is 24.2. The smallest absolute Gasteiger partial charge is 0.0561 e. The van der Waals surface area contributed by atoms with Gasteiger partial charge in [-0.25, -0.2) is 0 Å². The zero-order chi connectivity index (χ0) is 19.3. The molecule has 1 saturated heterocycles. The number of nitrogens with zero attached hydrogens (tertiary/aromatic N) is 2. The lowest BCUT2D eigenvalue weighted by Gasteiger charge is -2.44. The van der Waals surface area contributed by atoms with Gasteiger partial charge in [0.15, 0.2) is 0 Å². The molecule has 0 aromatic heterocycles. The van der Waals surface area contributed by atoms with E-state index in [2.05, 4.69) is 85.0 Å². The molecule has 1 aliphatic rings. The van der Waals surface area contributed by atoms with E-state index in [-0.39, 0.29) is 6.04 Å². The largest absolute Gasteiger partial charge is 0.291 e. The Hall–Kier alpha value is -2.91. The molecule has 0 spiro atoms. The highest BCUT2D eigenvalue weighted by Gasteiger charge is 2.38. The number of piperidine rings is 1. The van der Waals surface area contributed by atoms with Crippen molar-refractivity contribution in [1.82, 2.24) is 4.90 Å². The fourth-order valence-electron chi connectivity index (χ4n) is 4.26. The Morgan fingerprint density at radius 1 is 0.786 bits per heavy atom. The average molecular weight is 370 g/mol. The quantitative estimate of drug-likeness (QED) is 0.579. The lowest BCUT2D eigenvalue weighted by Crippen LogP contribution is -2.42. The molecule has 28 heavy (non-hydrogen) atoms. The van der Waals surface area contributed by atoms with Crippen LogP contribution in [-0.4, -0.2) is 17.7 Å². The molecule has 142 valence electrons. The van der Waals surface area contributed by atoms with Gasteiger partial charge in [0.2, 0.25) is 0 Å². The molecule has 3 atom stereocenters. The highest BCUT2D eigenvalue weighted by atomic mass is 15.3. The van der Waals surface area contributed by atoms with Crippen LogP contribution in [0.3, 0.4) is 0 Å². The molecule has 0 radical (unpaired) electrons. The number of hydrogen-bond acceptors (Lipinski definition) is 3. The van der Waals surface area contributed by atoms with E-state index in [1.165, 1.54) is 16.8 Å². The van der Waals surface area contributed by atoms with Crippen molar-refractivity contribution in [3.63, 3.8) is 0 Å². The fourth-order valence-corrected chi connectivity index (χ4v) is 4.26. The minimum absolute atomic E-state index is 0.288. The van der Waals surface area contributed by atoms with Crippen molar-refractivity contribution < 1.29 is 0 Å². The number of benzene rings is 3. The maximum absolute atomic E-state index is 4.86. The number of likely N-dealkylation sites (tertiary alicyclic amines) is 1. The van der Waals surface area contributed by atoms with Gasteiger partial charge < -0.3 is 0 Å². The number of hydrazone groups is 1. The summed E-state index contributed by atoms with van der Waals surface area (Å²) in [5.41, 5.74) is 8.18. The van der Waals surface area contributed by atoms with Gasteiger partial charge in [0.1, 0.15) is 0 Å². The van der Waals surface area contributed by atoms with Crippen LogP contribution in [0.5, 0.6) is 0 Å². The first-order valence-electron chi connectivity index (χ1n) is 9.93. The molecule has 0 saturated carbocycles.